The number of hydrogen-bond donors (Lipinski definition) is 2. The molecule has 420 valence electrons. The van der Waals surface area contributed by atoms with Crippen molar-refractivity contribution in [2.45, 2.75) is 264 Å². The first kappa shape index (κ1) is 69.9. The van der Waals surface area contributed by atoms with Gasteiger partial charge < -0.3 is 20.1 Å². The van der Waals surface area contributed by atoms with Gasteiger partial charge in [0, 0.05) is 19.4 Å². The van der Waals surface area contributed by atoms with Crippen LogP contribution in [0.3, 0.4) is 0 Å². The maximum absolute atomic E-state index is 12.7. The number of ether oxygens (including phenoxy) is 2. The van der Waals surface area contributed by atoms with E-state index in [1.165, 1.54) is 128 Å². The normalized spacial score (nSPS) is 13.8. The number of phosphoric ester groups is 1. The predicted molar refractivity (Wildman–Crippen MR) is 312 cm³/mol. The number of carbonyl (C=O) groups excluding carboxylic acids is 2. The number of carbonyl (C=O) groups is 2. The van der Waals surface area contributed by atoms with E-state index >= 15 is 0 Å². The smallest absolute Gasteiger partial charge is 0.462 e. The van der Waals surface area contributed by atoms with Crippen LogP contribution in [0.1, 0.15) is 258 Å². The Morgan fingerprint density at radius 2 is 0.753 bits per heavy atom. The number of nitrogens with two attached hydrogens (primary N) is 1. The van der Waals surface area contributed by atoms with Crippen LogP contribution in [0.2, 0.25) is 0 Å². The van der Waals surface area contributed by atoms with Gasteiger partial charge in [0.15, 0.2) is 6.10 Å². The molecular weight excluding hydrogens is 930 g/mol. The third kappa shape index (κ3) is 58.1. The Kier molecular flexibility index (Phi) is 55.7. The molecule has 0 bridgehead atoms. The molecule has 0 saturated carbocycles. The molecule has 0 aromatic carbocycles. The zero-order chi connectivity index (χ0) is 53.1. The molecule has 0 fully saturated rings. The summed E-state index contributed by atoms with van der Waals surface area (Å²) in [5.74, 6) is -0.854. The molecule has 3 N–H and O–H groups in total. The van der Waals surface area contributed by atoms with Gasteiger partial charge in [-0.05, 0) is 77.0 Å². The van der Waals surface area contributed by atoms with Crippen LogP contribution in [-0.4, -0.2) is 49.3 Å². The van der Waals surface area contributed by atoms with Crippen molar-refractivity contribution >= 4 is 19.8 Å². The highest BCUT2D eigenvalue weighted by Gasteiger charge is 2.26. The second-order valence-electron chi connectivity index (χ2n) is 19.5. The fourth-order valence-corrected chi connectivity index (χ4v) is 8.89. The first-order valence-corrected chi connectivity index (χ1v) is 31.2. The summed E-state index contributed by atoms with van der Waals surface area (Å²) in [4.78, 5) is 35.2. The van der Waals surface area contributed by atoms with Gasteiger partial charge in [-0.15, -0.1) is 0 Å². The Bertz CT molecular complexity index is 1510. The van der Waals surface area contributed by atoms with Crippen LogP contribution in [0.4, 0.5) is 0 Å². The van der Waals surface area contributed by atoms with Gasteiger partial charge >= 0.3 is 19.8 Å². The molecule has 2 unspecified atom stereocenters. The number of hydrogen-bond acceptors (Lipinski definition) is 8. The summed E-state index contributed by atoms with van der Waals surface area (Å²) < 4.78 is 33.0. The van der Waals surface area contributed by atoms with Crippen molar-refractivity contribution in [3.63, 3.8) is 0 Å². The molecule has 0 saturated heterocycles. The third-order valence-electron chi connectivity index (χ3n) is 12.5. The summed E-state index contributed by atoms with van der Waals surface area (Å²) in [6.45, 7) is 3.62. The van der Waals surface area contributed by atoms with Crippen molar-refractivity contribution in [2.24, 2.45) is 5.73 Å². The van der Waals surface area contributed by atoms with E-state index < -0.39 is 26.5 Å². The van der Waals surface area contributed by atoms with Gasteiger partial charge in [0.25, 0.3) is 0 Å². The number of esters is 2. The summed E-state index contributed by atoms with van der Waals surface area (Å²) in [5, 5.41) is 0. The monoisotopic (exact) mass is 1040 g/mol. The van der Waals surface area contributed by atoms with Crippen LogP contribution < -0.4 is 5.73 Å². The van der Waals surface area contributed by atoms with Crippen LogP contribution in [0.5, 0.6) is 0 Å². The van der Waals surface area contributed by atoms with Crippen LogP contribution in [0.15, 0.2) is 97.2 Å². The van der Waals surface area contributed by atoms with E-state index in [1.54, 1.807) is 0 Å². The number of rotatable bonds is 55. The van der Waals surface area contributed by atoms with Crippen molar-refractivity contribution in [3.05, 3.63) is 97.2 Å². The first-order valence-electron chi connectivity index (χ1n) is 29.7. The molecule has 0 aliphatic rings. The zero-order valence-corrected chi connectivity index (χ0v) is 47.7. The number of unbranched alkanes of at least 4 members (excludes halogenated alkanes) is 26. The molecule has 9 nitrogen and oxygen atoms in total. The van der Waals surface area contributed by atoms with E-state index in [-0.39, 0.29) is 38.6 Å². The van der Waals surface area contributed by atoms with E-state index in [9.17, 15) is 19.0 Å². The third-order valence-corrected chi connectivity index (χ3v) is 13.5. The summed E-state index contributed by atoms with van der Waals surface area (Å²) in [6.07, 6.45) is 77.5. The fourth-order valence-electron chi connectivity index (χ4n) is 8.12. The van der Waals surface area contributed by atoms with E-state index in [4.69, 9.17) is 24.3 Å². The topological polar surface area (TPSA) is 134 Å². The predicted octanol–water partition coefficient (Wildman–Crippen LogP) is 18.8. The van der Waals surface area contributed by atoms with Gasteiger partial charge in [0.05, 0.1) is 13.2 Å². The Hall–Kier alpha value is -3.07. The largest absolute Gasteiger partial charge is 0.472 e. The Labute approximate surface area is 448 Å². The minimum Gasteiger partial charge on any atom is -0.462 e. The number of allylic oxidation sites excluding steroid dienone is 16. The fraction of sp³-hybridized carbons (Fsp3) is 0.714. The first-order chi connectivity index (χ1) is 35.8. The van der Waals surface area contributed by atoms with Crippen molar-refractivity contribution in [3.8, 4) is 0 Å². The average Bonchev–Trinajstić information content (AvgIpc) is 3.38. The molecule has 0 rings (SSSR count). The zero-order valence-electron chi connectivity index (χ0n) is 46.8. The number of phosphoric acid groups is 1. The molecule has 0 heterocycles. The van der Waals surface area contributed by atoms with Gasteiger partial charge in [-0.1, -0.05) is 265 Å². The Morgan fingerprint density at radius 3 is 1.12 bits per heavy atom. The molecular formula is C63H110NO8P. The molecule has 73 heavy (non-hydrogen) atoms. The summed E-state index contributed by atoms with van der Waals surface area (Å²) >= 11 is 0. The van der Waals surface area contributed by atoms with Gasteiger partial charge in [-0.2, -0.15) is 0 Å². The second kappa shape index (κ2) is 58.2. The molecule has 0 aromatic heterocycles. The highest BCUT2D eigenvalue weighted by Crippen LogP contribution is 2.43. The van der Waals surface area contributed by atoms with Crippen molar-refractivity contribution in [1.29, 1.82) is 0 Å². The van der Waals surface area contributed by atoms with Gasteiger partial charge in [0.1, 0.15) is 6.61 Å². The second-order valence-corrected chi connectivity index (χ2v) is 20.9. The van der Waals surface area contributed by atoms with Crippen LogP contribution in [0, 0.1) is 0 Å². The lowest BCUT2D eigenvalue weighted by Gasteiger charge is -2.19. The standard InChI is InChI=1S/C63H110NO8P/c1-3-5-7-9-11-13-15-17-19-21-23-25-27-28-29-30-31-32-34-36-38-40-42-44-46-48-50-52-54-56-63(66)72-61(60-71-73(67,68)70-58-57-64)59-69-62(65)55-53-51-49-47-45-43-41-39-37-35-33-26-24-22-20-18-16-14-12-10-8-6-4-2/h5,7,11,13,17,19,23,25,28-29,31-32,36,38,42,44,61H,3-4,6,8-10,12,14-16,18,20-22,24,26-27,30,33-35,37,39-41,43,45-60,64H2,1-2H3,(H,67,68)/b7-5-,13-11-,19-17-,25-23-,29-28-,32-31-,38-36-,44-42-. The summed E-state index contributed by atoms with van der Waals surface area (Å²) in [7, 11) is -4.40. The van der Waals surface area contributed by atoms with E-state index in [0.29, 0.717) is 6.42 Å². The molecule has 0 amide bonds. The quantitative estimate of drug-likeness (QED) is 0.0264. The van der Waals surface area contributed by atoms with Crippen LogP contribution in [-0.2, 0) is 32.7 Å². The van der Waals surface area contributed by atoms with E-state index in [2.05, 4.69) is 111 Å². The molecule has 0 aliphatic heterocycles. The Morgan fingerprint density at radius 1 is 0.425 bits per heavy atom. The lowest BCUT2D eigenvalue weighted by Crippen LogP contribution is -2.29. The Balaban J connectivity index is 4.05. The van der Waals surface area contributed by atoms with Gasteiger partial charge in [-0.3, -0.25) is 18.6 Å². The van der Waals surface area contributed by atoms with Crippen molar-refractivity contribution in [1.82, 2.24) is 0 Å². The highest BCUT2D eigenvalue weighted by molar-refractivity contribution is 7.47. The van der Waals surface area contributed by atoms with Crippen molar-refractivity contribution < 1.29 is 37.6 Å². The van der Waals surface area contributed by atoms with Gasteiger partial charge in [0.2, 0.25) is 0 Å². The highest BCUT2D eigenvalue weighted by atomic mass is 31.2. The molecule has 10 heteroatoms. The SMILES string of the molecule is CC/C=C\C/C=C\C/C=C\C/C=C\C/C=C\C/C=C\C/C=C\C/C=C\CCCCCCC(=O)OC(COC(=O)CCCCCCCCCCCCCCCCCCCCCCCCC)COP(=O)(O)OCCN. The van der Waals surface area contributed by atoms with Gasteiger partial charge in [-0.25, -0.2) is 4.57 Å². The van der Waals surface area contributed by atoms with E-state index in [1.807, 2.05) is 0 Å². The van der Waals surface area contributed by atoms with Crippen LogP contribution >= 0.6 is 7.82 Å². The minimum absolute atomic E-state index is 0.0451. The lowest BCUT2D eigenvalue weighted by atomic mass is 10.0. The molecule has 0 radical (unpaired) electrons. The van der Waals surface area contributed by atoms with Crippen LogP contribution in [0.25, 0.3) is 0 Å². The van der Waals surface area contributed by atoms with E-state index in [0.717, 1.165) is 96.3 Å². The average molecular weight is 1040 g/mol. The summed E-state index contributed by atoms with van der Waals surface area (Å²) in [6, 6.07) is 0. The lowest BCUT2D eigenvalue weighted by molar-refractivity contribution is -0.161. The maximum atomic E-state index is 12.7. The minimum atomic E-state index is -4.40. The molecule has 0 spiro atoms. The van der Waals surface area contributed by atoms with Crippen molar-refractivity contribution in [2.75, 3.05) is 26.4 Å². The maximum Gasteiger partial charge on any atom is 0.472 e. The molecule has 0 aromatic rings. The molecule has 2 atom stereocenters. The molecule has 0 aliphatic carbocycles. The summed E-state index contributed by atoms with van der Waals surface area (Å²) in [5.41, 5.74) is 5.38.